The van der Waals surface area contributed by atoms with Gasteiger partial charge in [0.25, 0.3) is 0 Å². The normalized spacial score (nSPS) is 19.6. The van der Waals surface area contributed by atoms with Crippen molar-refractivity contribution in [1.82, 2.24) is 16.4 Å². The molecule has 1 atom stereocenters. The third-order valence-electron chi connectivity index (χ3n) is 2.61. The van der Waals surface area contributed by atoms with E-state index in [0.717, 1.165) is 5.56 Å². The van der Waals surface area contributed by atoms with E-state index >= 15 is 0 Å². The number of hydrogen-bond acceptors (Lipinski definition) is 3. The molecule has 5 heteroatoms. The summed E-state index contributed by atoms with van der Waals surface area (Å²) in [7, 11) is 0. The van der Waals surface area contributed by atoms with Crippen LogP contribution in [0.3, 0.4) is 0 Å². The van der Waals surface area contributed by atoms with Gasteiger partial charge in [-0.3, -0.25) is 9.59 Å². The lowest BCUT2D eigenvalue weighted by molar-refractivity contribution is -0.144. The molecule has 0 spiro atoms. The summed E-state index contributed by atoms with van der Waals surface area (Å²) < 4.78 is 0. The number of rotatable bonds is 2. The largest absolute Gasteiger partial charge is 0.344 e. The van der Waals surface area contributed by atoms with E-state index in [1.54, 1.807) is 11.8 Å². The Labute approximate surface area is 100 Å². The number of nitrogens with zero attached hydrogens (tertiary/aromatic N) is 1. The Bertz CT molecular complexity index is 405. The minimum atomic E-state index is -0.412. The fourth-order valence-corrected chi connectivity index (χ4v) is 1.81. The molecular weight excluding hydrogens is 218 g/mol. The van der Waals surface area contributed by atoms with Crippen molar-refractivity contribution >= 4 is 11.8 Å². The van der Waals surface area contributed by atoms with Crippen molar-refractivity contribution in [3.63, 3.8) is 0 Å². The standard InChI is InChI=1S/C12H14N2O2.H3N/c1-9-12(16)14(8-11(15)13-9)7-10-5-3-2-4-6-10;/h2-6,9H,7-8H2,1H3,(H,13,15);1H3/t9-;/m0./s1. The minimum Gasteiger partial charge on any atom is -0.344 e. The van der Waals surface area contributed by atoms with Gasteiger partial charge in [-0.1, -0.05) is 30.3 Å². The van der Waals surface area contributed by atoms with E-state index in [1.165, 1.54) is 0 Å². The van der Waals surface area contributed by atoms with Gasteiger partial charge < -0.3 is 16.4 Å². The zero-order valence-corrected chi connectivity index (χ0v) is 9.85. The van der Waals surface area contributed by atoms with Crippen LogP contribution in [0.15, 0.2) is 30.3 Å². The molecule has 2 amide bonds. The molecule has 0 radical (unpaired) electrons. The number of carbonyl (C=O) groups excluding carboxylic acids is 2. The van der Waals surface area contributed by atoms with E-state index in [2.05, 4.69) is 5.32 Å². The lowest BCUT2D eigenvalue weighted by Crippen LogP contribution is -2.56. The van der Waals surface area contributed by atoms with Crippen molar-refractivity contribution in [1.29, 1.82) is 0 Å². The van der Waals surface area contributed by atoms with Gasteiger partial charge in [-0.15, -0.1) is 0 Å². The van der Waals surface area contributed by atoms with Crippen LogP contribution in [0.5, 0.6) is 0 Å². The summed E-state index contributed by atoms with van der Waals surface area (Å²) in [5.41, 5.74) is 1.04. The number of hydrogen-bond donors (Lipinski definition) is 2. The van der Waals surface area contributed by atoms with Crippen LogP contribution in [-0.2, 0) is 16.1 Å². The van der Waals surface area contributed by atoms with Gasteiger partial charge in [0.1, 0.15) is 6.04 Å². The highest BCUT2D eigenvalue weighted by Gasteiger charge is 2.29. The summed E-state index contributed by atoms with van der Waals surface area (Å²) in [6.07, 6.45) is 0. The molecule has 0 aliphatic carbocycles. The summed E-state index contributed by atoms with van der Waals surface area (Å²) >= 11 is 0. The average Bonchev–Trinajstić information content (AvgIpc) is 2.27. The SMILES string of the molecule is C[C@@H]1NC(=O)CN(Cc2ccccc2)C1=O.N. The van der Waals surface area contributed by atoms with Gasteiger partial charge in [0.05, 0.1) is 6.54 Å². The van der Waals surface area contributed by atoms with E-state index in [9.17, 15) is 9.59 Å². The van der Waals surface area contributed by atoms with Crippen LogP contribution in [0.4, 0.5) is 0 Å². The molecule has 2 rings (SSSR count). The number of piperazine rings is 1. The lowest BCUT2D eigenvalue weighted by Gasteiger charge is -2.30. The monoisotopic (exact) mass is 235 g/mol. The van der Waals surface area contributed by atoms with Gasteiger partial charge in [-0.05, 0) is 12.5 Å². The Balaban J connectivity index is 0.00000144. The van der Waals surface area contributed by atoms with E-state index in [-0.39, 0.29) is 24.5 Å². The fourth-order valence-electron chi connectivity index (χ4n) is 1.81. The highest BCUT2D eigenvalue weighted by molar-refractivity contribution is 5.94. The highest BCUT2D eigenvalue weighted by atomic mass is 16.2. The van der Waals surface area contributed by atoms with Crippen molar-refractivity contribution in [3.8, 4) is 0 Å². The van der Waals surface area contributed by atoms with E-state index in [1.807, 2.05) is 30.3 Å². The Hall–Kier alpha value is -1.88. The van der Waals surface area contributed by atoms with Crippen LogP contribution < -0.4 is 11.5 Å². The number of carbonyl (C=O) groups is 2. The maximum absolute atomic E-state index is 11.8. The van der Waals surface area contributed by atoms with Gasteiger partial charge in [0, 0.05) is 6.54 Å². The van der Waals surface area contributed by atoms with Crippen molar-refractivity contribution in [3.05, 3.63) is 35.9 Å². The Morgan fingerprint density at radius 2 is 1.94 bits per heavy atom. The molecule has 17 heavy (non-hydrogen) atoms. The topological polar surface area (TPSA) is 84.4 Å². The third kappa shape index (κ3) is 3.04. The van der Waals surface area contributed by atoms with Gasteiger partial charge in [0.2, 0.25) is 11.8 Å². The predicted octanol–water partition coefficient (Wildman–Crippen LogP) is 0.695. The number of nitrogens with one attached hydrogen (secondary N) is 1. The second-order valence-corrected chi connectivity index (χ2v) is 3.97. The number of benzene rings is 1. The Kier molecular flexibility index (Phi) is 4.23. The molecule has 92 valence electrons. The zero-order chi connectivity index (χ0) is 11.5. The molecule has 0 aromatic heterocycles. The molecular formula is C12H17N3O2. The van der Waals surface area contributed by atoms with Crippen molar-refractivity contribution in [2.75, 3.05) is 6.54 Å². The first-order chi connectivity index (χ1) is 7.66. The van der Waals surface area contributed by atoms with Crippen LogP contribution in [-0.4, -0.2) is 29.3 Å². The molecule has 0 bridgehead atoms. The second kappa shape index (κ2) is 5.45. The van der Waals surface area contributed by atoms with Crippen LogP contribution in [0.25, 0.3) is 0 Å². The highest BCUT2D eigenvalue weighted by Crippen LogP contribution is 2.08. The second-order valence-electron chi connectivity index (χ2n) is 3.97. The van der Waals surface area contributed by atoms with Crippen LogP contribution in [0, 0.1) is 0 Å². The predicted molar refractivity (Wildman–Crippen MR) is 64.5 cm³/mol. The summed E-state index contributed by atoms with van der Waals surface area (Å²) in [5.74, 6) is -0.119. The molecule has 4 N–H and O–H groups in total. The van der Waals surface area contributed by atoms with Crippen molar-refractivity contribution < 1.29 is 9.59 Å². The summed E-state index contributed by atoms with van der Waals surface area (Å²) in [5, 5.41) is 2.61. The van der Waals surface area contributed by atoms with E-state index in [0.29, 0.717) is 6.54 Å². The zero-order valence-electron chi connectivity index (χ0n) is 9.85. The molecule has 1 aromatic carbocycles. The fraction of sp³-hybridized carbons (Fsp3) is 0.333. The summed E-state index contributed by atoms with van der Waals surface area (Å²) in [6.45, 7) is 2.35. The van der Waals surface area contributed by atoms with Crippen molar-refractivity contribution in [2.24, 2.45) is 0 Å². The molecule has 1 aliphatic rings. The Morgan fingerprint density at radius 3 is 2.59 bits per heavy atom. The average molecular weight is 235 g/mol. The van der Waals surface area contributed by atoms with Crippen LogP contribution in [0.2, 0.25) is 0 Å². The van der Waals surface area contributed by atoms with E-state index < -0.39 is 6.04 Å². The summed E-state index contributed by atoms with van der Waals surface area (Å²) in [6, 6.07) is 9.26. The van der Waals surface area contributed by atoms with Crippen molar-refractivity contribution in [2.45, 2.75) is 19.5 Å². The molecule has 0 unspecified atom stereocenters. The molecule has 1 fully saturated rings. The molecule has 1 heterocycles. The van der Waals surface area contributed by atoms with Gasteiger partial charge >= 0.3 is 0 Å². The lowest BCUT2D eigenvalue weighted by atomic mass is 10.1. The molecule has 1 aromatic rings. The minimum absolute atomic E-state index is 0. The van der Waals surface area contributed by atoms with Gasteiger partial charge in [-0.25, -0.2) is 0 Å². The van der Waals surface area contributed by atoms with Gasteiger partial charge in [0.15, 0.2) is 0 Å². The summed E-state index contributed by atoms with van der Waals surface area (Å²) in [4.78, 5) is 24.7. The molecule has 5 nitrogen and oxygen atoms in total. The number of amides is 2. The third-order valence-corrected chi connectivity index (χ3v) is 2.61. The first kappa shape index (κ1) is 13.2. The molecule has 0 saturated carbocycles. The first-order valence-electron chi connectivity index (χ1n) is 5.29. The van der Waals surface area contributed by atoms with E-state index in [4.69, 9.17) is 0 Å². The molecule has 1 aliphatic heterocycles. The Morgan fingerprint density at radius 1 is 1.29 bits per heavy atom. The first-order valence-corrected chi connectivity index (χ1v) is 5.29. The smallest absolute Gasteiger partial charge is 0.245 e. The van der Waals surface area contributed by atoms with Crippen LogP contribution in [0.1, 0.15) is 12.5 Å². The maximum atomic E-state index is 11.8. The maximum Gasteiger partial charge on any atom is 0.245 e. The van der Waals surface area contributed by atoms with Gasteiger partial charge in [-0.2, -0.15) is 0 Å². The molecule has 1 saturated heterocycles. The quantitative estimate of drug-likeness (QED) is 0.791. The van der Waals surface area contributed by atoms with Crippen LogP contribution >= 0.6 is 0 Å².